The van der Waals surface area contributed by atoms with E-state index in [0.717, 1.165) is 12.1 Å². The van der Waals surface area contributed by atoms with Crippen LogP contribution in [0.15, 0.2) is 6.20 Å². The third-order valence-corrected chi connectivity index (χ3v) is 3.13. The first-order valence-electron chi connectivity index (χ1n) is 5.41. The Morgan fingerprint density at radius 3 is 2.93 bits per heavy atom. The van der Waals surface area contributed by atoms with Gasteiger partial charge in [-0.2, -0.15) is 5.10 Å². The maximum absolute atomic E-state index is 11.4. The normalized spacial score (nSPS) is 25.7. The molecule has 1 saturated heterocycles. The number of aromatic nitrogens is 2. The third kappa shape index (κ3) is 1.76. The van der Waals surface area contributed by atoms with Gasteiger partial charge in [0.2, 0.25) is 5.91 Å². The van der Waals surface area contributed by atoms with Crippen LogP contribution in [0.2, 0.25) is 0 Å². The average Bonchev–Trinajstić information content (AvgIpc) is 2.69. The van der Waals surface area contributed by atoms with E-state index >= 15 is 0 Å². The molecule has 4 nitrogen and oxygen atoms in total. The Morgan fingerprint density at radius 1 is 1.67 bits per heavy atom. The van der Waals surface area contributed by atoms with Gasteiger partial charge in [-0.1, -0.05) is 6.92 Å². The van der Waals surface area contributed by atoms with E-state index in [4.69, 9.17) is 0 Å². The second-order valence-electron chi connectivity index (χ2n) is 4.24. The highest BCUT2D eigenvalue weighted by Crippen LogP contribution is 2.31. The van der Waals surface area contributed by atoms with Crippen LogP contribution in [0.4, 0.5) is 0 Å². The molecule has 2 atom stereocenters. The van der Waals surface area contributed by atoms with Crippen LogP contribution < -0.4 is 5.32 Å². The third-order valence-electron chi connectivity index (χ3n) is 3.13. The molecular formula is C11H17N3O. The van der Waals surface area contributed by atoms with Gasteiger partial charge >= 0.3 is 0 Å². The van der Waals surface area contributed by atoms with Crippen molar-refractivity contribution in [3.05, 3.63) is 17.5 Å². The van der Waals surface area contributed by atoms with Crippen molar-refractivity contribution in [3.63, 3.8) is 0 Å². The number of nitrogens with zero attached hydrogens (tertiary/aromatic N) is 2. The minimum Gasteiger partial charge on any atom is -0.353 e. The van der Waals surface area contributed by atoms with Gasteiger partial charge in [-0.3, -0.25) is 9.48 Å². The molecule has 15 heavy (non-hydrogen) atoms. The van der Waals surface area contributed by atoms with Crippen LogP contribution in [-0.4, -0.2) is 21.7 Å². The van der Waals surface area contributed by atoms with E-state index in [-0.39, 0.29) is 11.9 Å². The van der Waals surface area contributed by atoms with Gasteiger partial charge in [0.1, 0.15) is 0 Å². The summed E-state index contributed by atoms with van der Waals surface area (Å²) in [6.45, 7) is 4.11. The molecule has 0 spiro atoms. The molecule has 1 fully saturated rings. The zero-order chi connectivity index (χ0) is 11.0. The number of rotatable bonds is 2. The quantitative estimate of drug-likeness (QED) is 0.789. The maximum atomic E-state index is 11.4. The topological polar surface area (TPSA) is 46.9 Å². The molecule has 0 saturated carbocycles. The number of hydrogen-bond donors (Lipinski definition) is 1. The Hall–Kier alpha value is -1.32. The van der Waals surface area contributed by atoms with Crippen LogP contribution >= 0.6 is 0 Å². The van der Waals surface area contributed by atoms with Crippen molar-refractivity contribution in [1.29, 1.82) is 0 Å². The second kappa shape index (κ2) is 3.68. The van der Waals surface area contributed by atoms with Crippen molar-refractivity contribution < 1.29 is 4.79 Å². The Labute approximate surface area is 89.7 Å². The van der Waals surface area contributed by atoms with Crippen molar-refractivity contribution in [3.8, 4) is 0 Å². The molecule has 1 N–H and O–H groups in total. The molecule has 1 aromatic heterocycles. The molecule has 82 valence electrons. The summed E-state index contributed by atoms with van der Waals surface area (Å²) in [7, 11) is 1.92. The van der Waals surface area contributed by atoms with Gasteiger partial charge in [0, 0.05) is 31.6 Å². The van der Waals surface area contributed by atoms with Crippen LogP contribution in [0.25, 0.3) is 0 Å². The van der Waals surface area contributed by atoms with Gasteiger partial charge in [-0.05, 0) is 18.9 Å². The van der Waals surface area contributed by atoms with Gasteiger partial charge in [-0.25, -0.2) is 0 Å². The van der Waals surface area contributed by atoms with Gasteiger partial charge in [0.05, 0.1) is 5.69 Å². The minimum atomic E-state index is 0.162. The first-order valence-corrected chi connectivity index (χ1v) is 5.41. The van der Waals surface area contributed by atoms with E-state index in [0.29, 0.717) is 12.3 Å². The number of amides is 1. The Bertz CT molecular complexity index is 383. The summed E-state index contributed by atoms with van der Waals surface area (Å²) < 4.78 is 1.82. The van der Waals surface area contributed by atoms with Crippen molar-refractivity contribution in [2.75, 3.05) is 0 Å². The number of aryl methyl sites for hydroxylation is 2. The monoisotopic (exact) mass is 207 g/mol. The van der Waals surface area contributed by atoms with Gasteiger partial charge < -0.3 is 5.32 Å². The van der Waals surface area contributed by atoms with E-state index < -0.39 is 0 Å². The smallest absolute Gasteiger partial charge is 0.220 e. The van der Waals surface area contributed by atoms with Crippen molar-refractivity contribution in [1.82, 2.24) is 15.1 Å². The van der Waals surface area contributed by atoms with E-state index in [2.05, 4.69) is 17.3 Å². The van der Waals surface area contributed by atoms with Crippen molar-refractivity contribution in [2.24, 2.45) is 7.05 Å². The fourth-order valence-corrected chi connectivity index (χ4v) is 2.40. The molecule has 2 heterocycles. The zero-order valence-corrected chi connectivity index (χ0v) is 9.45. The lowest BCUT2D eigenvalue weighted by Crippen LogP contribution is -2.27. The van der Waals surface area contributed by atoms with Crippen LogP contribution in [0.3, 0.4) is 0 Å². The van der Waals surface area contributed by atoms with Gasteiger partial charge in [0.15, 0.2) is 0 Å². The molecule has 1 amide bonds. The van der Waals surface area contributed by atoms with Crippen molar-refractivity contribution in [2.45, 2.75) is 38.6 Å². The largest absolute Gasteiger partial charge is 0.353 e. The summed E-state index contributed by atoms with van der Waals surface area (Å²) in [6, 6.07) is 0.278. The molecule has 1 aliphatic heterocycles. The minimum absolute atomic E-state index is 0.162. The number of hydrogen-bond acceptors (Lipinski definition) is 2. The van der Waals surface area contributed by atoms with Crippen molar-refractivity contribution >= 4 is 5.91 Å². The van der Waals surface area contributed by atoms with Crippen LogP contribution in [0, 0.1) is 6.92 Å². The van der Waals surface area contributed by atoms with Gasteiger partial charge in [-0.15, -0.1) is 0 Å². The lowest BCUT2D eigenvalue weighted by molar-refractivity contribution is -0.119. The highest BCUT2D eigenvalue weighted by Gasteiger charge is 2.33. The highest BCUT2D eigenvalue weighted by atomic mass is 16.2. The zero-order valence-electron chi connectivity index (χ0n) is 9.45. The molecule has 1 aromatic rings. The fourth-order valence-electron chi connectivity index (χ4n) is 2.40. The second-order valence-corrected chi connectivity index (χ2v) is 4.24. The molecule has 2 unspecified atom stereocenters. The van der Waals surface area contributed by atoms with Crippen LogP contribution in [0.5, 0.6) is 0 Å². The Balaban J connectivity index is 2.30. The van der Waals surface area contributed by atoms with E-state index in [9.17, 15) is 4.79 Å². The standard InChI is InChI=1S/C11H17N3O/c1-4-10-8(5-11(15)12-10)9-6-14(3)13-7(9)2/h6,8,10H,4-5H2,1-3H3,(H,12,15). The molecule has 0 radical (unpaired) electrons. The maximum Gasteiger partial charge on any atom is 0.220 e. The molecule has 0 aromatic carbocycles. The Kier molecular flexibility index (Phi) is 2.50. The molecule has 4 heteroatoms. The van der Waals surface area contributed by atoms with Crippen LogP contribution in [-0.2, 0) is 11.8 Å². The number of nitrogens with one attached hydrogen (secondary N) is 1. The van der Waals surface area contributed by atoms with E-state index in [1.54, 1.807) is 0 Å². The molecule has 0 bridgehead atoms. The predicted octanol–water partition coefficient (Wildman–Crippen LogP) is 1.11. The summed E-state index contributed by atoms with van der Waals surface area (Å²) in [6.07, 6.45) is 3.61. The lowest BCUT2D eigenvalue weighted by atomic mass is 9.91. The summed E-state index contributed by atoms with van der Waals surface area (Å²) >= 11 is 0. The highest BCUT2D eigenvalue weighted by molar-refractivity contribution is 5.80. The summed E-state index contributed by atoms with van der Waals surface area (Å²) in [5, 5.41) is 7.34. The molecule has 2 rings (SSSR count). The van der Waals surface area contributed by atoms with E-state index in [1.807, 2.05) is 24.9 Å². The summed E-state index contributed by atoms with van der Waals surface area (Å²) in [5.41, 5.74) is 2.25. The predicted molar refractivity (Wildman–Crippen MR) is 57.5 cm³/mol. The lowest BCUT2D eigenvalue weighted by Gasteiger charge is -2.15. The number of carbonyl (C=O) groups is 1. The fraction of sp³-hybridized carbons (Fsp3) is 0.636. The SMILES string of the molecule is CCC1NC(=O)CC1c1cn(C)nc1C. The molecular weight excluding hydrogens is 190 g/mol. The summed E-state index contributed by atoms with van der Waals surface area (Å²) in [4.78, 5) is 11.4. The number of carbonyl (C=O) groups excluding carboxylic acids is 1. The first kappa shape index (κ1) is 10.2. The molecule has 0 aliphatic carbocycles. The van der Waals surface area contributed by atoms with Crippen LogP contribution in [0.1, 0.15) is 36.9 Å². The van der Waals surface area contributed by atoms with E-state index in [1.165, 1.54) is 5.56 Å². The summed E-state index contributed by atoms with van der Waals surface area (Å²) in [5.74, 6) is 0.464. The molecule has 1 aliphatic rings. The average molecular weight is 207 g/mol. The Morgan fingerprint density at radius 2 is 2.40 bits per heavy atom. The van der Waals surface area contributed by atoms with Gasteiger partial charge in [0.25, 0.3) is 0 Å². The first-order chi connectivity index (χ1) is 7.11.